The highest BCUT2D eigenvalue weighted by molar-refractivity contribution is 5.85. The highest BCUT2D eigenvalue weighted by Gasteiger charge is 2.30. The minimum absolute atomic E-state index is 0.160. The zero-order chi connectivity index (χ0) is 9.19. The van der Waals surface area contributed by atoms with Crippen LogP contribution >= 0.6 is 0 Å². The van der Waals surface area contributed by atoms with Crippen molar-refractivity contribution in [2.75, 3.05) is 6.61 Å². The number of carbonyl (C=O) groups excluding carboxylic acids is 1. The number of primary amides is 1. The molecule has 68 valence electrons. The number of amides is 1. The smallest absolute Gasteiger partial charge is 0.241 e. The molecule has 1 heterocycles. The Morgan fingerprint density at radius 3 is 2.75 bits per heavy atom. The van der Waals surface area contributed by atoms with Crippen molar-refractivity contribution < 1.29 is 14.3 Å². The van der Waals surface area contributed by atoms with Crippen LogP contribution in [0.15, 0.2) is 12.2 Å². The van der Waals surface area contributed by atoms with E-state index in [2.05, 4.69) is 0 Å². The molecule has 1 aliphatic heterocycles. The zero-order valence-electron chi connectivity index (χ0n) is 7.24. The van der Waals surface area contributed by atoms with Crippen LogP contribution in [-0.2, 0) is 14.3 Å². The predicted molar refractivity (Wildman–Crippen MR) is 43.2 cm³/mol. The van der Waals surface area contributed by atoms with E-state index in [0.717, 1.165) is 0 Å². The number of hydrogen-bond donors (Lipinski definition) is 1. The maximum Gasteiger partial charge on any atom is 0.241 e. The van der Waals surface area contributed by atoms with E-state index in [1.54, 1.807) is 6.08 Å². The van der Waals surface area contributed by atoms with Gasteiger partial charge in [-0.1, -0.05) is 0 Å². The Hall–Kier alpha value is -0.870. The van der Waals surface area contributed by atoms with Gasteiger partial charge in [-0.05, 0) is 19.9 Å². The third-order valence-corrected chi connectivity index (χ3v) is 1.51. The molecule has 1 fully saturated rings. The largest absolute Gasteiger partial charge is 0.366 e. The zero-order valence-corrected chi connectivity index (χ0v) is 7.24. The standard InChI is InChI=1S/C8H13NO3/c1-8(2)11-5-6(12-8)3-4-7(9)10/h3-4,6H,5H2,1-2H3,(H2,9,10)/b4-3-/t6-/m1/s1. The fourth-order valence-electron chi connectivity index (χ4n) is 1.01. The molecule has 0 aromatic carbocycles. The van der Waals surface area contributed by atoms with Gasteiger partial charge in [-0.2, -0.15) is 0 Å². The van der Waals surface area contributed by atoms with Crippen LogP contribution < -0.4 is 5.73 Å². The molecule has 0 saturated carbocycles. The molecule has 1 rings (SSSR count). The molecule has 1 saturated heterocycles. The summed E-state index contributed by atoms with van der Waals surface area (Å²) in [5, 5.41) is 0. The maximum atomic E-state index is 10.4. The first kappa shape index (κ1) is 9.22. The molecule has 0 spiro atoms. The van der Waals surface area contributed by atoms with Gasteiger partial charge in [-0.3, -0.25) is 4.79 Å². The Balaban J connectivity index is 2.43. The molecule has 4 heteroatoms. The van der Waals surface area contributed by atoms with E-state index in [4.69, 9.17) is 15.2 Å². The second-order valence-corrected chi connectivity index (χ2v) is 3.13. The van der Waals surface area contributed by atoms with Crippen LogP contribution in [0.1, 0.15) is 13.8 Å². The van der Waals surface area contributed by atoms with Gasteiger partial charge in [0, 0.05) is 6.08 Å². The van der Waals surface area contributed by atoms with Crippen LogP contribution in [0.25, 0.3) is 0 Å². The van der Waals surface area contributed by atoms with Crippen molar-refractivity contribution in [3.05, 3.63) is 12.2 Å². The summed E-state index contributed by atoms with van der Waals surface area (Å²) in [4.78, 5) is 10.4. The third-order valence-electron chi connectivity index (χ3n) is 1.51. The van der Waals surface area contributed by atoms with Crippen LogP contribution in [0.2, 0.25) is 0 Å². The van der Waals surface area contributed by atoms with Gasteiger partial charge in [-0.15, -0.1) is 0 Å². The molecule has 2 N–H and O–H groups in total. The fourth-order valence-corrected chi connectivity index (χ4v) is 1.01. The summed E-state index contributed by atoms with van der Waals surface area (Å²) in [6.45, 7) is 4.12. The van der Waals surface area contributed by atoms with Crippen molar-refractivity contribution >= 4 is 5.91 Å². The highest BCUT2D eigenvalue weighted by atomic mass is 16.7. The lowest BCUT2D eigenvalue weighted by Crippen LogP contribution is -2.21. The minimum atomic E-state index is -0.549. The van der Waals surface area contributed by atoms with Crippen molar-refractivity contribution in [2.45, 2.75) is 25.7 Å². The van der Waals surface area contributed by atoms with Gasteiger partial charge in [-0.25, -0.2) is 0 Å². The molecule has 1 amide bonds. The number of rotatable bonds is 2. The topological polar surface area (TPSA) is 61.5 Å². The summed E-state index contributed by atoms with van der Waals surface area (Å²) in [6, 6.07) is 0. The Morgan fingerprint density at radius 2 is 2.33 bits per heavy atom. The van der Waals surface area contributed by atoms with Gasteiger partial charge >= 0.3 is 0 Å². The first-order valence-electron chi connectivity index (χ1n) is 3.79. The van der Waals surface area contributed by atoms with E-state index < -0.39 is 11.7 Å². The number of carbonyl (C=O) groups is 1. The second-order valence-electron chi connectivity index (χ2n) is 3.13. The Morgan fingerprint density at radius 1 is 1.67 bits per heavy atom. The number of nitrogens with two attached hydrogens (primary N) is 1. The summed E-state index contributed by atoms with van der Waals surface area (Å²) < 4.78 is 10.6. The Bertz CT molecular complexity index is 210. The third kappa shape index (κ3) is 2.64. The van der Waals surface area contributed by atoms with Gasteiger partial charge in [0.25, 0.3) is 0 Å². The van der Waals surface area contributed by atoms with Gasteiger partial charge in [0.05, 0.1) is 6.61 Å². The summed E-state index contributed by atoms with van der Waals surface area (Å²) in [5.74, 6) is -1.02. The first-order valence-corrected chi connectivity index (χ1v) is 3.79. The lowest BCUT2D eigenvalue weighted by molar-refractivity contribution is -0.133. The Labute approximate surface area is 71.3 Å². The molecule has 0 aliphatic carbocycles. The van der Waals surface area contributed by atoms with Gasteiger partial charge in [0.2, 0.25) is 5.91 Å². The van der Waals surface area contributed by atoms with Crippen LogP contribution in [0.3, 0.4) is 0 Å². The molecule has 0 aromatic heterocycles. The molecule has 1 atom stereocenters. The average Bonchev–Trinajstić information content (AvgIpc) is 2.26. The molecule has 0 aromatic rings. The lowest BCUT2D eigenvalue weighted by atomic mass is 10.3. The Kier molecular flexibility index (Phi) is 2.49. The van der Waals surface area contributed by atoms with Crippen molar-refractivity contribution in [3.63, 3.8) is 0 Å². The highest BCUT2D eigenvalue weighted by Crippen LogP contribution is 2.22. The molecule has 4 nitrogen and oxygen atoms in total. The molecule has 0 unspecified atom stereocenters. The molecule has 12 heavy (non-hydrogen) atoms. The van der Waals surface area contributed by atoms with Gasteiger partial charge in [0.1, 0.15) is 6.10 Å². The summed E-state index contributed by atoms with van der Waals surface area (Å²) in [7, 11) is 0. The number of ether oxygens (including phenoxy) is 2. The first-order chi connectivity index (χ1) is 5.49. The van der Waals surface area contributed by atoms with E-state index in [1.807, 2.05) is 13.8 Å². The van der Waals surface area contributed by atoms with Crippen molar-refractivity contribution in [1.82, 2.24) is 0 Å². The molecular formula is C8H13NO3. The van der Waals surface area contributed by atoms with Gasteiger partial charge in [0.15, 0.2) is 5.79 Å². The monoisotopic (exact) mass is 171 g/mol. The molecule has 0 radical (unpaired) electrons. The lowest BCUT2D eigenvalue weighted by Gasteiger charge is -2.15. The summed E-state index contributed by atoms with van der Waals surface area (Å²) in [5.41, 5.74) is 4.92. The van der Waals surface area contributed by atoms with E-state index in [1.165, 1.54) is 6.08 Å². The minimum Gasteiger partial charge on any atom is -0.366 e. The van der Waals surface area contributed by atoms with Crippen LogP contribution in [0.5, 0.6) is 0 Å². The number of hydrogen-bond acceptors (Lipinski definition) is 3. The van der Waals surface area contributed by atoms with Crippen LogP contribution in [0.4, 0.5) is 0 Å². The predicted octanol–water partition coefficient (Wildman–Crippen LogP) is 0.179. The quantitative estimate of drug-likeness (QED) is 0.603. The van der Waals surface area contributed by atoms with Gasteiger partial charge < -0.3 is 15.2 Å². The molecule has 0 bridgehead atoms. The van der Waals surface area contributed by atoms with E-state index in [0.29, 0.717) is 6.61 Å². The van der Waals surface area contributed by atoms with E-state index >= 15 is 0 Å². The SMILES string of the molecule is CC1(C)OC[C@@H](/C=C\C(N)=O)O1. The average molecular weight is 171 g/mol. The maximum absolute atomic E-state index is 10.4. The molecule has 1 aliphatic rings. The second kappa shape index (κ2) is 3.25. The van der Waals surface area contributed by atoms with Crippen LogP contribution in [0, 0.1) is 0 Å². The van der Waals surface area contributed by atoms with E-state index in [9.17, 15) is 4.79 Å². The van der Waals surface area contributed by atoms with Crippen molar-refractivity contribution in [2.24, 2.45) is 5.73 Å². The molecular weight excluding hydrogens is 158 g/mol. The summed E-state index contributed by atoms with van der Waals surface area (Å²) >= 11 is 0. The van der Waals surface area contributed by atoms with Crippen molar-refractivity contribution in [3.8, 4) is 0 Å². The fraction of sp³-hybridized carbons (Fsp3) is 0.625. The normalized spacial score (nSPS) is 28.0. The summed E-state index contributed by atoms with van der Waals surface area (Å²) in [6.07, 6.45) is 2.74. The van der Waals surface area contributed by atoms with E-state index in [-0.39, 0.29) is 6.10 Å². The van der Waals surface area contributed by atoms with Crippen LogP contribution in [-0.4, -0.2) is 24.4 Å². The van der Waals surface area contributed by atoms with Crippen molar-refractivity contribution in [1.29, 1.82) is 0 Å².